The van der Waals surface area contributed by atoms with Crippen LogP contribution in [0.25, 0.3) is 0 Å². The van der Waals surface area contributed by atoms with E-state index in [1.165, 1.54) is 42.3 Å². The van der Waals surface area contributed by atoms with Crippen molar-refractivity contribution in [2.45, 2.75) is 44.1 Å². The lowest BCUT2D eigenvalue weighted by molar-refractivity contribution is -0.137. The molecular weight excluding hydrogens is 729 g/mol. The van der Waals surface area contributed by atoms with Gasteiger partial charge in [0.05, 0.1) is 53.7 Å². The Kier molecular flexibility index (Phi) is 14.2. The summed E-state index contributed by atoms with van der Waals surface area (Å²) >= 11 is 0. The predicted molar refractivity (Wildman–Crippen MR) is 197 cm³/mol. The van der Waals surface area contributed by atoms with Gasteiger partial charge < -0.3 is 30.5 Å². The first kappa shape index (κ1) is 41.3. The van der Waals surface area contributed by atoms with Gasteiger partial charge in [-0.2, -0.15) is 13.2 Å². The zero-order chi connectivity index (χ0) is 39.5. The number of aliphatic hydroxyl groups excluding tert-OH is 1. The number of carbonyl (C=O) groups excluding carboxylic acids is 2. The molecule has 5 rings (SSSR count). The quantitative estimate of drug-likeness (QED) is 0.127. The van der Waals surface area contributed by atoms with E-state index in [-0.39, 0.29) is 67.5 Å². The number of amides is 2. The largest absolute Gasteiger partial charge is 0.497 e. The van der Waals surface area contributed by atoms with Crippen molar-refractivity contribution in [3.63, 3.8) is 0 Å². The van der Waals surface area contributed by atoms with Crippen LogP contribution in [0.15, 0.2) is 97.1 Å². The van der Waals surface area contributed by atoms with E-state index in [0.29, 0.717) is 17.7 Å². The fraction of sp³-hybridized carbons (Fsp3) is 0.289. The Morgan fingerprint density at radius 2 is 1.65 bits per heavy atom. The van der Waals surface area contributed by atoms with Crippen LogP contribution in [0.2, 0.25) is 0 Å². The Morgan fingerprint density at radius 1 is 1.00 bits per heavy atom. The topological polar surface area (TPSA) is 166 Å². The van der Waals surface area contributed by atoms with Crippen molar-refractivity contribution < 1.29 is 50.9 Å². The highest BCUT2D eigenvalue weighted by molar-refractivity contribution is 7.92. The van der Waals surface area contributed by atoms with Gasteiger partial charge in [-0.25, -0.2) is 12.7 Å². The molecular formula is C38H41F3N4O8S. The lowest BCUT2D eigenvalue weighted by atomic mass is 9.99. The highest BCUT2D eigenvalue weighted by Gasteiger charge is 2.34. The second-order valence-electron chi connectivity index (χ2n) is 12.3. The van der Waals surface area contributed by atoms with Crippen molar-refractivity contribution in [1.29, 1.82) is 0 Å². The second-order valence-corrected chi connectivity index (χ2v) is 14.2. The van der Waals surface area contributed by atoms with Gasteiger partial charge in [-0.1, -0.05) is 54.6 Å². The van der Waals surface area contributed by atoms with Gasteiger partial charge in [-0.15, -0.1) is 0 Å². The molecule has 0 aliphatic carbocycles. The van der Waals surface area contributed by atoms with E-state index in [2.05, 4.69) is 10.6 Å². The Balaban J connectivity index is 0.00000209. The Hall–Kier alpha value is -5.45. The molecule has 0 radical (unpaired) electrons. The number of para-hydroxylation sites is 1. The van der Waals surface area contributed by atoms with Crippen molar-refractivity contribution in [3.05, 3.63) is 119 Å². The number of methoxy groups -OCH3 is 1. The summed E-state index contributed by atoms with van der Waals surface area (Å²) in [5.74, 6) is -0.436. The van der Waals surface area contributed by atoms with Crippen LogP contribution in [0.5, 0.6) is 5.75 Å². The monoisotopic (exact) mass is 770 g/mol. The van der Waals surface area contributed by atoms with E-state index in [1.54, 1.807) is 24.3 Å². The highest BCUT2D eigenvalue weighted by Crippen LogP contribution is 2.41. The SMILES string of the molecule is COc1ccc(N(c2cccc(C(=O)N[C@@H](Cc3ccccc3)[C@H](O)CNCc3cccc(C(F)(F)F)c3)c2N2CCCC2=O)S(C)(=O)=O)cc1.O=CO. The molecule has 288 valence electrons. The Bertz CT molecular complexity index is 2000. The number of hydrogen-bond acceptors (Lipinski definition) is 8. The van der Waals surface area contributed by atoms with Crippen molar-refractivity contribution in [2.24, 2.45) is 0 Å². The van der Waals surface area contributed by atoms with Gasteiger partial charge in [-0.3, -0.25) is 14.4 Å². The van der Waals surface area contributed by atoms with Crippen LogP contribution in [0.1, 0.15) is 39.9 Å². The molecule has 0 saturated carbocycles. The summed E-state index contributed by atoms with van der Waals surface area (Å²) in [7, 11) is -2.53. The van der Waals surface area contributed by atoms with Gasteiger partial charge in [0.2, 0.25) is 15.9 Å². The summed E-state index contributed by atoms with van der Waals surface area (Å²) in [5.41, 5.74) is 0.853. The zero-order valence-electron chi connectivity index (χ0n) is 29.5. The van der Waals surface area contributed by atoms with Crippen molar-refractivity contribution >= 4 is 45.4 Å². The average Bonchev–Trinajstić information content (AvgIpc) is 3.56. The molecule has 1 aliphatic heterocycles. The summed E-state index contributed by atoms with van der Waals surface area (Å²) < 4.78 is 72.7. The number of hydrogen-bond donors (Lipinski definition) is 4. The molecule has 4 N–H and O–H groups in total. The Morgan fingerprint density at radius 3 is 2.24 bits per heavy atom. The number of rotatable bonds is 14. The van der Waals surface area contributed by atoms with Gasteiger partial charge in [0.25, 0.3) is 12.4 Å². The molecule has 1 fully saturated rings. The predicted octanol–water partition coefficient (Wildman–Crippen LogP) is 5.13. The molecule has 4 aromatic carbocycles. The van der Waals surface area contributed by atoms with E-state index in [9.17, 15) is 36.3 Å². The van der Waals surface area contributed by atoms with Gasteiger partial charge in [-0.05, 0) is 66.4 Å². The number of benzene rings is 4. The molecule has 0 bridgehead atoms. The lowest BCUT2D eigenvalue weighted by Crippen LogP contribution is -2.49. The number of carboxylic acid groups (broad SMARTS) is 1. The van der Waals surface area contributed by atoms with E-state index >= 15 is 0 Å². The smallest absolute Gasteiger partial charge is 0.416 e. The van der Waals surface area contributed by atoms with Crippen molar-refractivity contribution in [2.75, 3.05) is 35.7 Å². The summed E-state index contributed by atoms with van der Waals surface area (Å²) in [5, 5.41) is 24.1. The number of carbonyl (C=O) groups is 3. The minimum absolute atomic E-state index is 0.0205. The molecule has 4 aromatic rings. The lowest BCUT2D eigenvalue weighted by Gasteiger charge is -2.31. The van der Waals surface area contributed by atoms with Gasteiger partial charge >= 0.3 is 6.18 Å². The van der Waals surface area contributed by atoms with Crippen LogP contribution in [0.3, 0.4) is 0 Å². The fourth-order valence-electron chi connectivity index (χ4n) is 6.04. The summed E-state index contributed by atoms with van der Waals surface area (Å²) in [6.07, 6.45) is -3.77. The van der Waals surface area contributed by atoms with Gasteiger partial charge in [0.15, 0.2) is 0 Å². The van der Waals surface area contributed by atoms with Gasteiger partial charge in [0, 0.05) is 26.1 Å². The molecule has 16 heteroatoms. The molecule has 0 unspecified atom stereocenters. The minimum atomic E-state index is -4.50. The summed E-state index contributed by atoms with van der Waals surface area (Å²) in [4.78, 5) is 37.2. The normalized spacial score (nSPS) is 14.0. The molecule has 0 spiro atoms. The summed E-state index contributed by atoms with van der Waals surface area (Å²) in [6.45, 7) is -0.0420. The molecule has 2 atom stereocenters. The van der Waals surface area contributed by atoms with Crippen LogP contribution < -0.4 is 24.6 Å². The maximum Gasteiger partial charge on any atom is 0.416 e. The molecule has 54 heavy (non-hydrogen) atoms. The first-order valence-corrected chi connectivity index (χ1v) is 18.6. The van der Waals surface area contributed by atoms with Crippen molar-refractivity contribution in [1.82, 2.24) is 10.6 Å². The maximum atomic E-state index is 14.2. The number of halogens is 3. The van der Waals surface area contributed by atoms with E-state index in [1.807, 2.05) is 30.3 Å². The maximum absolute atomic E-state index is 14.2. The standard InChI is InChI=1S/C37H39F3N4O6S.CH2O2/c1-50-29-18-16-28(17-19-29)44(51(2,48)49)32-14-7-13-30(35(32)43-20-8-15-34(43)46)36(47)42-31(22-25-9-4-3-5-10-25)33(45)24-41-23-26-11-6-12-27(21-26)37(38,39)40;2-1-3/h3-7,9-14,16-19,21,31,33,41,45H,8,15,20,22-24H2,1-2H3,(H,42,47);1H,(H,2,3)/t31-,33+;/m0./s1. The first-order valence-electron chi connectivity index (χ1n) is 16.7. The van der Waals surface area contributed by atoms with Crippen LogP contribution in [-0.2, 0) is 38.8 Å². The molecule has 0 aromatic heterocycles. The third-order valence-corrected chi connectivity index (χ3v) is 9.55. The number of nitrogens with zero attached hydrogens (tertiary/aromatic N) is 2. The Labute approximate surface area is 311 Å². The number of sulfonamides is 1. The molecule has 1 aliphatic rings. The van der Waals surface area contributed by atoms with Crippen LogP contribution in [-0.4, -0.2) is 75.5 Å². The van der Waals surface area contributed by atoms with Crippen molar-refractivity contribution in [3.8, 4) is 5.75 Å². The van der Waals surface area contributed by atoms with Crippen LogP contribution in [0.4, 0.5) is 30.2 Å². The van der Waals surface area contributed by atoms with E-state index in [4.69, 9.17) is 14.6 Å². The molecule has 12 nitrogen and oxygen atoms in total. The third kappa shape index (κ3) is 10.8. The number of ether oxygens (including phenoxy) is 1. The highest BCUT2D eigenvalue weighted by atomic mass is 32.2. The minimum Gasteiger partial charge on any atom is -0.497 e. The van der Waals surface area contributed by atoms with E-state index in [0.717, 1.165) is 28.3 Å². The van der Waals surface area contributed by atoms with Crippen LogP contribution in [0, 0.1) is 0 Å². The second kappa shape index (κ2) is 18.5. The number of anilines is 3. The number of nitrogens with one attached hydrogen (secondary N) is 2. The first-order chi connectivity index (χ1) is 25.7. The van der Waals surface area contributed by atoms with Gasteiger partial charge in [0.1, 0.15) is 5.75 Å². The third-order valence-electron chi connectivity index (χ3n) is 8.48. The fourth-order valence-corrected chi connectivity index (χ4v) is 7.04. The molecule has 2 amide bonds. The van der Waals surface area contributed by atoms with E-state index < -0.39 is 39.8 Å². The molecule has 1 saturated heterocycles. The summed E-state index contributed by atoms with van der Waals surface area (Å²) in [6, 6.07) is 23.9. The number of alkyl halides is 3. The number of aliphatic hydroxyl groups is 1. The average molecular weight is 771 g/mol. The zero-order valence-corrected chi connectivity index (χ0v) is 30.3. The van der Waals surface area contributed by atoms with Crippen LogP contribution >= 0.6 is 0 Å². The molecule has 1 heterocycles.